The lowest BCUT2D eigenvalue weighted by Crippen LogP contribution is -2.45. The van der Waals surface area contributed by atoms with Gasteiger partial charge < -0.3 is 19.7 Å². The van der Waals surface area contributed by atoms with Crippen molar-refractivity contribution in [1.29, 1.82) is 0 Å². The van der Waals surface area contributed by atoms with Crippen molar-refractivity contribution in [2.24, 2.45) is 0 Å². The van der Waals surface area contributed by atoms with E-state index in [1.807, 2.05) is 42.5 Å². The fraction of sp³-hybridized carbons (Fsp3) is 0.435. The highest BCUT2D eigenvalue weighted by Gasteiger charge is 2.17. The van der Waals surface area contributed by atoms with Gasteiger partial charge in [-0.15, -0.1) is 0 Å². The first-order chi connectivity index (χ1) is 14.6. The number of anilines is 1. The summed E-state index contributed by atoms with van der Waals surface area (Å²) < 4.78 is 12.2. The van der Waals surface area contributed by atoms with Gasteiger partial charge in [-0.05, 0) is 54.9 Å². The lowest BCUT2D eigenvalue weighted by molar-refractivity contribution is -0.118. The molecule has 6 nitrogen and oxygen atoms in total. The van der Waals surface area contributed by atoms with Gasteiger partial charge in [-0.2, -0.15) is 0 Å². The number of hydrogen-bond acceptors (Lipinski definition) is 5. The predicted octanol–water partition coefficient (Wildman–Crippen LogP) is 4.00. The maximum atomic E-state index is 12.2. The molecule has 0 radical (unpaired) electrons. The number of nitrogens with one attached hydrogen (secondary N) is 1. The van der Waals surface area contributed by atoms with Crippen molar-refractivity contribution in [2.75, 3.05) is 51.8 Å². The van der Waals surface area contributed by atoms with E-state index >= 15 is 0 Å². The van der Waals surface area contributed by atoms with Crippen molar-refractivity contribution in [1.82, 2.24) is 9.80 Å². The molecule has 2 aromatic carbocycles. The third-order valence-electron chi connectivity index (χ3n) is 5.13. The molecular weight excluding hydrogens is 446 g/mol. The Morgan fingerprint density at radius 1 is 1.03 bits per heavy atom. The van der Waals surface area contributed by atoms with Gasteiger partial charge in [-0.25, -0.2) is 0 Å². The Morgan fingerprint density at radius 3 is 2.40 bits per heavy atom. The first-order valence-electron chi connectivity index (χ1n) is 10.4. The molecule has 30 heavy (non-hydrogen) atoms. The van der Waals surface area contributed by atoms with Crippen LogP contribution >= 0.6 is 15.9 Å². The van der Waals surface area contributed by atoms with Crippen LogP contribution in [0.3, 0.4) is 0 Å². The summed E-state index contributed by atoms with van der Waals surface area (Å²) in [7, 11) is 1.62. The SMILES string of the molecule is CCCN1CCN(Cc2ccc(OCC(=O)Nc3ccc(Br)cc3)c(OC)c2)CC1. The lowest BCUT2D eigenvalue weighted by Gasteiger charge is -2.34. The van der Waals surface area contributed by atoms with Crippen LogP contribution in [0.15, 0.2) is 46.9 Å². The van der Waals surface area contributed by atoms with Gasteiger partial charge >= 0.3 is 0 Å². The second-order valence-electron chi connectivity index (χ2n) is 7.45. The number of amides is 1. The minimum atomic E-state index is -0.214. The van der Waals surface area contributed by atoms with E-state index in [0.29, 0.717) is 11.5 Å². The Labute approximate surface area is 187 Å². The second-order valence-corrected chi connectivity index (χ2v) is 8.36. The van der Waals surface area contributed by atoms with Crippen molar-refractivity contribution >= 4 is 27.5 Å². The molecule has 0 unspecified atom stereocenters. The molecule has 3 rings (SSSR count). The summed E-state index contributed by atoms with van der Waals surface area (Å²) in [6.07, 6.45) is 1.21. The van der Waals surface area contributed by atoms with Crippen molar-refractivity contribution in [2.45, 2.75) is 19.9 Å². The van der Waals surface area contributed by atoms with Gasteiger partial charge in [0.25, 0.3) is 5.91 Å². The van der Waals surface area contributed by atoms with Crippen LogP contribution in [-0.4, -0.2) is 62.1 Å². The Morgan fingerprint density at radius 2 is 1.73 bits per heavy atom. The number of rotatable bonds is 9. The van der Waals surface area contributed by atoms with Crippen LogP contribution in [0.1, 0.15) is 18.9 Å². The van der Waals surface area contributed by atoms with E-state index in [4.69, 9.17) is 9.47 Å². The number of ether oxygens (including phenoxy) is 2. The first-order valence-corrected chi connectivity index (χ1v) is 11.2. The molecule has 0 saturated carbocycles. The average Bonchev–Trinajstić information content (AvgIpc) is 2.76. The molecule has 1 heterocycles. The predicted molar refractivity (Wildman–Crippen MR) is 123 cm³/mol. The summed E-state index contributed by atoms with van der Waals surface area (Å²) in [4.78, 5) is 17.2. The van der Waals surface area contributed by atoms with Crippen LogP contribution in [0.25, 0.3) is 0 Å². The maximum Gasteiger partial charge on any atom is 0.262 e. The fourth-order valence-corrected chi connectivity index (χ4v) is 3.81. The molecule has 1 amide bonds. The zero-order valence-corrected chi connectivity index (χ0v) is 19.3. The molecule has 162 valence electrons. The molecule has 0 aliphatic carbocycles. The smallest absolute Gasteiger partial charge is 0.262 e. The molecule has 2 aromatic rings. The third-order valence-corrected chi connectivity index (χ3v) is 5.65. The van der Waals surface area contributed by atoms with E-state index in [1.165, 1.54) is 18.5 Å². The molecule has 1 N–H and O–H groups in total. The Hall–Kier alpha value is -2.09. The number of benzene rings is 2. The van der Waals surface area contributed by atoms with Gasteiger partial charge in [0.15, 0.2) is 18.1 Å². The largest absolute Gasteiger partial charge is 0.493 e. The number of halogens is 1. The highest BCUT2D eigenvalue weighted by atomic mass is 79.9. The number of hydrogen-bond donors (Lipinski definition) is 1. The molecule has 0 spiro atoms. The molecular formula is C23H30BrN3O3. The highest BCUT2D eigenvalue weighted by Crippen LogP contribution is 2.29. The highest BCUT2D eigenvalue weighted by molar-refractivity contribution is 9.10. The summed E-state index contributed by atoms with van der Waals surface area (Å²) in [5, 5.41) is 2.82. The molecule has 1 saturated heterocycles. The fourth-order valence-electron chi connectivity index (χ4n) is 3.55. The Bertz CT molecular complexity index is 821. The van der Waals surface area contributed by atoms with Gasteiger partial charge in [0.05, 0.1) is 7.11 Å². The molecule has 0 atom stereocenters. The summed E-state index contributed by atoms with van der Waals surface area (Å²) >= 11 is 3.38. The molecule has 0 bridgehead atoms. The number of piperazine rings is 1. The monoisotopic (exact) mass is 475 g/mol. The van der Waals surface area contributed by atoms with E-state index in [2.05, 4.69) is 38.0 Å². The van der Waals surface area contributed by atoms with Gasteiger partial charge in [0, 0.05) is 42.9 Å². The van der Waals surface area contributed by atoms with E-state index in [0.717, 1.165) is 42.9 Å². The summed E-state index contributed by atoms with van der Waals surface area (Å²) in [6, 6.07) is 13.3. The normalized spacial score (nSPS) is 15.0. The van der Waals surface area contributed by atoms with E-state index < -0.39 is 0 Å². The van der Waals surface area contributed by atoms with E-state index in [9.17, 15) is 4.79 Å². The molecule has 1 aliphatic heterocycles. The number of methoxy groups -OCH3 is 1. The van der Waals surface area contributed by atoms with Crippen molar-refractivity contribution in [3.63, 3.8) is 0 Å². The van der Waals surface area contributed by atoms with Crippen LogP contribution in [0, 0.1) is 0 Å². The van der Waals surface area contributed by atoms with Gasteiger partial charge in [-0.1, -0.05) is 28.9 Å². The van der Waals surface area contributed by atoms with Crippen LogP contribution < -0.4 is 14.8 Å². The maximum absolute atomic E-state index is 12.2. The summed E-state index contributed by atoms with van der Waals surface area (Å²) in [5.41, 5.74) is 1.91. The van der Waals surface area contributed by atoms with E-state index in [-0.39, 0.29) is 12.5 Å². The molecule has 7 heteroatoms. The second kappa shape index (κ2) is 11.3. The van der Waals surface area contributed by atoms with Crippen molar-refractivity contribution in [3.8, 4) is 11.5 Å². The first kappa shape index (κ1) is 22.6. The molecule has 0 aromatic heterocycles. The van der Waals surface area contributed by atoms with Crippen LogP contribution in [-0.2, 0) is 11.3 Å². The Balaban J connectivity index is 1.51. The Kier molecular flexibility index (Phi) is 8.54. The lowest BCUT2D eigenvalue weighted by atomic mass is 10.1. The average molecular weight is 476 g/mol. The third kappa shape index (κ3) is 6.72. The molecule has 1 aliphatic rings. The zero-order chi connectivity index (χ0) is 21.3. The van der Waals surface area contributed by atoms with Crippen molar-refractivity contribution in [3.05, 3.63) is 52.5 Å². The van der Waals surface area contributed by atoms with Crippen molar-refractivity contribution < 1.29 is 14.3 Å². The zero-order valence-electron chi connectivity index (χ0n) is 17.7. The number of nitrogens with zero attached hydrogens (tertiary/aromatic N) is 2. The van der Waals surface area contributed by atoms with Gasteiger partial charge in [0.1, 0.15) is 0 Å². The van der Waals surface area contributed by atoms with Crippen LogP contribution in [0.2, 0.25) is 0 Å². The number of carbonyl (C=O) groups excluding carboxylic acids is 1. The minimum Gasteiger partial charge on any atom is -0.493 e. The van der Waals surface area contributed by atoms with Gasteiger partial charge in [0.2, 0.25) is 0 Å². The standard InChI is InChI=1S/C23H30BrN3O3/c1-3-10-26-11-13-27(14-12-26)16-18-4-9-21(22(15-18)29-2)30-17-23(28)25-20-7-5-19(24)6-8-20/h4-9,15H,3,10-14,16-17H2,1-2H3,(H,25,28). The van der Waals surface area contributed by atoms with Crippen LogP contribution in [0.5, 0.6) is 11.5 Å². The topological polar surface area (TPSA) is 54.0 Å². The molecule has 1 fully saturated rings. The minimum absolute atomic E-state index is 0.0782. The number of carbonyl (C=O) groups is 1. The quantitative estimate of drug-likeness (QED) is 0.593. The van der Waals surface area contributed by atoms with E-state index in [1.54, 1.807) is 7.11 Å². The van der Waals surface area contributed by atoms with Crippen LogP contribution in [0.4, 0.5) is 5.69 Å². The summed E-state index contributed by atoms with van der Waals surface area (Å²) in [5.74, 6) is 1.00. The van der Waals surface area contributed by atoms with Gasteiger partial charge in [-0.3, -0.25) is 9.69 Å². The summed E-state index contributed by atoms with van der Waals surface area (Å²) in [6.45, 7) is 8.63.